The van der Waals surface area contributed by atoms with E-state index in [0.29, 0.717) is 38.0 Å². The molecule has 7 heteroatoms. The minimum atomic E-state index is -0.948. The van der Waals surface area contributed by atoms with E-state index in [1.54, 1.807) is 30.1 Å². The van der Waals surface area contributed by atoms with Crippen LogP contribution < -0.4 is 0 Å². The number of likely N-dealkylation sites (tertiary alicyclic amines) is 2. The number of benzene rings is 1. The molecule has 2 aliphatic heterocycles. The molecule has 2 N–H and O–H groups in total. The van der Waals surface area contributed by atoms with Crippen LogP contribution in [0.1, 0.15) is 35.2 Å². The third kappa shape index (κ3) is 3.00. The summed E-state index contributed by atoms with van der Waals surface area (Å²) in [6.07, 6.45) is 1.23. The number of aliphatic carboxylic acids is 1. The highest BCUT2D eigenvalue weighted by atomic mass is 16.4. The number of carbonyl (C=O) groups is 3. The lowest BCUT2D eigenvalue weighted by atomic mass is 9.77. The summed E-state index contributed by atoms with van der Waals surface area (Å²) < 4.78 is 0. The molecule has 2 aliphatic rings. The molecule has 0 radical (unpaired) electrons. The predicted octanol–water partition coefficient (Wildman–Crippen LogP) is 1.28. The van der Waals surface area contributed by atoms with Crippen molar-refractivity contribution in [3.05, 3.63) is 35.4 Å². The highest BCUT2D eigenvalue weighted by Gasteiger charge is 2.55. The number of piperidine rings is 1. The van der Waals surface area contributed by atoms with E-state index in [4.69, 9.17) is 0 Å². The lowest BCUT2D eigenvalue weighted by molar-refractivity contribution is -0.146. The fraction of sp³-hybridized carbons (Fsp3) is 0.500. The van der Waals surface area contributed by atoms with Crippen molar-refractivity contribution in [1.82, 2.24) is 9.80 Å². The van der Waals surface area contributed by atoms with E-state index >= 15 is 0 Å². The van der Waals surface area contributed by atoms with Gasteiger partial charge in [0.2, 0.25) is 5.91 Å². The van der Waals surface area contributed by atoms with Crippen LogP contribution in [0, 0.1) is 5.92 Å². The van der Waals surface area contributed by atoms with Gasteiger partial charge < -0.3 is 15.1 Å². The second-order valence-electron chi connectivity index (χ2n) is 6.89. The van der Waals surface area contributed by atoms with Crippen molar-refractivity contribution >= 4 is 17.8 Å². The van der Waals surface area contributed by atoms with Crippen LogP contribution in [0.2, 0.25) is 0 Å². The Balaban J connectivity index is 1.73. The fourth-order valence-electron chi connectivity index (χ4n) is 4.19. The Kier molecular flexibility index (Phi) is 4.51. The van der Waals surface area contributed by atoms with Gasteiger partial charge in [-0.05, 0) is 24.5 Å². The van der Waals surface area contributed by atoms with Gasteiger partial charge in [-0.25, -0.2) is 4.79 Å². The molecule has 1 aromatic carbocycles. The first-order chi connectivity index (χ1) is 11.8. The van der Waals surface area contributed by atoms with E-state index < -0.39 is 23.4 Å². The monoisotopic (exact) mass is 346 g/mol. The molecule has 1 atom stereocenters. The zero-order chi connectivity index (χ0) is 18.2. The van der Waals surface area contributed by atoms with Crippen LogP contribution in [0.3, 0.4) is 0 Å². The predicted molar refractivity (Wildman–Crippen MR) is 89.2 cm³/mol. The number of aromatic carboxylic acids is 1. The van der Waals surface area contributed by atoms with Crippen molar-refractivity contribution in [1.29, 1.82) is 0 Å². The average Bonchev–Trinajstić information content (AvgIpc) is 2.83. The Morgan fingerprint density at radius 3 is 2.44 bits per heavy atom. The van der Waals surface area contributed by atoms with E-state index in [-0.39, 0.29) is 12.3 Å². The van der Waals surface area contributed by atoms with Gasteiger partial charge in [-0.3, -0.25) is 14.5 Å². The van der Waals surface area contributed by atoms with Gasteiger partial charge in [-0.1, -0.05) is 18.2 Å². The molecule has 7 nitrogen and oxygen atoms in total. The van der Waals surface area contributed by atoms with Gasteiger partial charge >= 0.3 is 11.9 Å². The SMILES string of the molecule is CN1C(=O)CC(C(=O)O)C12CCN(Cc1ccccc1C(=O)O)CC2. The molecular formula is C18H22N2O5. The summed E-state index contributed by atoms with van der Waals surface area (Å²) in [6.45, 7) is 1.78. The molecule has 1 aromatic rings. The normalized spacial score (nSPS) is 23.2. The summed E-state index contributed by atoms with van der Waals surface area (Å²) >= 11 is 0. The molecular weight excluding hydrogens is 324 g/mol. The zero-order valence-corrected chi connectivity index (χ0v) is 14.1. The number of rotatable bonds is 4. The van der Waals surface area contributed by atoms with E-state index in [1.165, 1.54) is 0 Å². The topological polar surface area (TPSA) is 98.2 Å². The van der Waals surface area contributed by atoms with Crippen molar-refractivity contribution in [2.45, 2.75) is 31.3 Å². The minimum Gasteiger partial charge on any atom is -0.481 e. The first-order valence-corrected chi connectivity index (χ1v) is 8.38. The van der Waals surface area contributed by atoms with E-state index in [9.17, 15) is 24.6 Å². The Morgan fingerprint density at radius 2 is 1.84 bits per heavy atom. The Hall–Kier alpha value is -2.41. The number of carboxylic acids is 2. The smallest absolute Gasteiger partial charge is 0.336 e. The van der Waals surface area contributed by atoms with Gasteiger partial charge in [-0.2, -0.15) is 0 Å². The first-order valence-electron chi connectivity index (χ1n) is 8.38. The second kappa shape index (κ2) is 6.48. The van der Waals surface area contributed by atoms with Crippen LogP contribution in [-0.4, -0.2) is 63.5 Å². The molecule has 2 fully saturated rings. The van der Waals surface area contributed by atoms with Gasteiger partial charge in [0.05, 0.1) is 17.0 Å². The molecule has 2 saturated heterocycles. The van der Waals surface area contributed by atoms with Crippen molar-refractivity contribution in [2.24, 2.45) is 5.92 Å². The molecule has 3 rings (SSSR count). The van der Waals surface area contributed by atoms with Gasteiger partial charge in [0.1, 0.15) is 0 Å². The summed E-state index contributed by atoms with van der Waals surface area (Å²) in [5, 5.41) is 18.8. The third-order valence-corrected chi connectivity index (χ3v) is 5.73. The maximum Gasteiger partial charge on any atom is 0.336 e. The second-order valence-corrected chi connectivity index (χ2v) is 6.89. The molecule has 0 aromatic heterocycles. The van der Waals surface area contributed by atoms with Gasteiger partial charge in [0, 0.05) is 33.1 Å². The summed E-state index contributed by atoms with van der Waals surface area (Å²) in [4.78, 5) is 38.7. The maximum atomic E-state index is 12.0. The number of amides is 1. The number of carbonyl (C=O) groups excluding carboxylic acids is 1. The number of carboxylic acid groups (broad SMARTS) is 2. The summed E-state index contributed by atoms with van der Waals surface area (Å²) in [5.74, 6) is -2.64. The van der Waals surface area contributed by atoms with Crippen molar-refractivity contribution < 1.29 is 24.6 Å². The Labute approximate surface area is 145 Å². The molecule has 1 spiro atoms. The first kappa shape index (κ1) is 17.4. The third-order valence-electron chi connectivity index (χ3n) is 5.73. The highest BCUT2D eigenvalue weighted by Crippen LogP contribution is 2.43. The molecule has 0 bridgehead atoms. The van der Waals surface area contributed by atoms with Crippen molar-refractivity contribution in [3.8, 4) is 0 Å². The lowest BCUT2D eigenvalue weighted by Crippen LogP contribution is -2.55. The molecule has 2 heterocycles. The van der Waals surface area contributed by atoms with Crippen molar-refractivity contribution in [3.63, 3.8) is 0 Å². The van der Waals surface area contributed by atoms with Crippen LogP contribution >= 0.6 is 0 Å². The number of hydrogen-bond donors (Lipinski definition) is 2. The van der Waals surface area contributed by atoms with Crippen LogP contribution in [0.5, 0.6) is 0 Å². The highest BCUT2D eigenvalue weighted by molar-refractivity contribution is 5.89. The van der Waals surface area contributed by atoms with Crippen LogP contribution in [0.4, 0.5) is 0 Å². The molecule has 134 valence electrons. The number of nitrogens with zero attached hydrogens (tertiary/aromatic N) is 2. The molecule has 1 amide bonds. The Bertz CT molecular complexity index is 709. The zero-order valence-electron chi connectivity index (χ0n) is 14.1. The average molecular weight is 346 g/mol. The van der Waals surface area contributed by atoms with E-state index in [0.717, 1.165) is 5.56 Å². The van der Waals surface area contributed by atoms with Crippen molar-refractivity contribution in [2.75, 3.05) is 20.1 Å². The van der Waals surface area contributed by atoms with Crippen LogP contribution in [0.15, 0.2) is 24.3 Å². The molecule has 0 saturated carbocycles. The molecule has 25 heavy (non-hydrogen) atoms. The largest absolute Gasteiger partial charge is 0.481 e. The number of hydrogen-bond acceptors (Lipinski definition) is 4. The summed E-state index contributed by atoms with van der Waals surface area (Å²) in [7, 11) is 1.70. The maximum absolute atomic E-state index is 12.0. The minimum absolute atomic E-state index is 0.0632. The molecule has 0 aliphatic carbocycles. The standard InChI is InChI=1S/C18H22N2O5/c1-19-15(21)10-14(17(24)25)18(19)6-8-20(9-7-18)11-12-4-2-3-5-13(12)16(22)23/h2-5,14H,6-11H2,1H3,(H,22,23)(H,24,25). The quantitative estimate of drug-likeness (QED) is 0.852. The van der Waals surface area contributed by atoms with E-state index in [1.807, 2.05) is 6.07 Å². The van der Waals surface area contributed by atoms with Crippen LogP contribution in [-0.2, 0) is 16.1 Å². The van der Waals surface area contributed by atoms with E-state index in [2.05, 4.69) is 4.90 Å². The fourth-order valence-corrected chi connectivity index (χ4v) is 4.19. The summed E-state index contributed by atoms with van der Waals surface area (Å²) in [6, 6.07) is 6.91. The van der Waals surface area contributed by atoms with Gasteiger partial charge in [0.25, 0.3) is 0 Å². The lowest BCUT2D eigenvalue weighted by Gasteiger charge is -2.45. The van der Waals surface area contributed by atoms with Gasteiger partial charge in [0.15, 0.2) is 0 Å². The molecule has 1 unspecified atom stereocenters. The summed E-state index contributed by atoms with van der Waals surface area (Å²) in [5.41, 5.74) is 0.419. The van der Waals surface area contributed by atoms with Gasteiger partial charge in [-0.15, -0.1) is 0 Å². The Morgan fingerprint density at radius 1 is 1.20 bits per heavy atom. The van der Waals surface area contributed by atoms with Crippen LogP contribution in [0.25, 0.3) is 0 Å².